The van der Waals surface area contributed by atoms with Crippen molar-refractivity contribution in [3.63, 3.8) is 0 Å². The minimum Gasteiger partial charge on any atom is -0.491 e. The number of benzene rings is 2. The van der Waals surface area contributed by atoms with Gasteiger partial charge in [-0.1, -0.05) is 60.1 Å². The first-order valence-electron chi connectivity index (χ1n) is 14.1. The van der Waals surface area contributed by atoms with E-state index in [4.69, 9.17) is 33.8 Å². The molecule has 0 saturated carbocycles. The summed E-state index contributed by atoms with van der Waals surface area (Å²) in [4.78, 5) is 20.0. The van der Waals surface area contributed by atoms with Gasteiger partial charge in [0.1, 0.15) is 17.4 Å². The van der Waals surface area contributed by atoms with E-state index in [0.29, 0.717) is 48.3 Å². The number of nitrogens with two attached hydrogens (primary N) is 3. The molecule has 1 amide bonds. The van der Waals surface area contributed by atoms with Crippen molar-refractivity contribution in [2.75, 3.05) is 30.9 Å². The Kier molecular flexibility index (Phi) is 12.5. The summed E-state index contributed by atoms with van der Waals surface area (Å²) >= 11 is 8.13. The van der Waals surface area contributed by atoms with E-state index in [1.165, 1.54) is 11.8 Å². The second kappa shape index (κ2) is 17.0. The molecule has 0 radical (unpaired) electrons. The van der Waals surface area contributed by atoms with Crippen LogP contribution in [0.5, 0.6) is 0 Å². The van der Waals surface area contributed by atoms with Crippen molar-refractivity contribution in [1.29, 1.82) is 0 Å². The van der Waals surface area contributed by atoms with Crippen LogP contribution >= 0.6 is 23.4 Å². The van der Waals surface area contributed by atoms with Crippen molar-refractivity contribution >= 4 is 40.9 Å². The fourth-order valence-corrected chi connectivity index (χ4v) is 5.80. The minimum absolute atomic E-state index is 0.00430. The van der Waals surface area contributed by atoms with Crippen LogP contribution in [0.15, 0.2) is 119 Å². The van der Waals surface area contributed by atoms with Crippen molar-refractivity contribution in [3.05, 3.63) is 125 Å². The molecule has 2 heterocycles. The zero-order valence-electron chi connectivity index (χ0n) is 24.2. The number of nitrogen functional groups attached to an aromatic ring is 1. The Morgan fingerprint density at radius 2 is 1.93 bits per heavy atom. The van der Waals surface area contributed by atoms with E-state index in [1.54, 1.807) is 30.0 Å². The molecule has 1 unspecified atom stereocenters. The molecule has 0 spiro atoms. The van der Waals surface area contributed by atoms with Crippen LogP contribution in [0.2, 0.25) is 5.02 Å². The highest BCUT2D eigenvalue weighted by Gasteiger charge is 2.25. The summed E-state index contributed by atoms with van der Waals surface area (Å²) in [6.45, 7) is 1.57. The lowest BCUT2D eigenvalue weighted by Crippen LogP contribution is -2.39. The van der Waals surface area contributed by atoms with Gasteiger partial charge >= 0.3 is 0 Å². The number of rotatable bonds is 15. The molecule has 10 nitrogen and oxygen atoms in total. The molecule has 1 aliphatic heterocycles. The lowest BCUT2D eigenvalue weighted by molar-refractivity contribution is 0.0951. The first-order valence-corrected chi connectivity index (χ1v) is 15.5. The van der Waals surface area contributed by atoms with Crippen LogP contribution < -0.4 is 28.2 Å². The average molecular weight is 633 g/mol. The number of hydrazone groups is 1. The number of thioether (sulfide) groups is 1. The van der Waals surface area contributed by atoms with E-state index < -0.39 is 0 Å². The van der Waals surface area contributed by atoms with Gasteiger partial charge in [-0.05, 0) is 54.5 Å². The van der Waals surface area contributed by atoms with Crippen LogP contribution in [-0.2, 0) is 11.2 Å². The Hall–Kier alpha value is -4.45. The Morgan fingerprint density at radius 1 is 1.14 bits per heavy atom. The van der Waals surface area contributed by atoms with Crippen LogP contribution in [0.4, 0.5) is 5.82 Å². The zero-order valence-corrected chi connectivity index (χ0v) is 25.8. The van der Waals surface area contributed by atoms with Gasteiger partial charge in [0, 0.05) is 36.4 Å². The highest BCUT2D eigenvalue weighted by atomic mass is 35.5. The lowest BCUT2D eigenvalue weighted by Gasteiger charge is -2.36. The smallest absolute Gasteiger partial charge is 0.252 e. The predicted molar refractivity (Wildman–Crippen MR) is 179 cm³/mol. The Labute approximate surface area is 267 Å². The molecule has 1 aromatic heterocycles. The van der Waals surface area contributed by atoms with Crippen LogP contribution in [0.3, 0.4) is 0 Å². The monoisotopic (exact) mass is 632 g/mol. The second-order valence-electron chi connectivity index (χ2n) is 9.77. The number of carbonyl (C=O) groups is 1. The van der Waals surface area contributed by atoms with Crippen LogP contribution in [0.25, 0.3) is 0 Å². The van der Waals surface area contributed by atoms with Gasteiger partial charge in [-0.2, -0.15) is 5.10 Å². The van der Waals surface area contributed by atoms with E-state index in [0.717, 1.165) is 22.8 Å². The Balaban J connectivity index is 1.50. The maximum atomic E-state index is 12.7. The minimum atomic E-state index is -0.210. The first-order chi connectivity index (χ1) is 21.5. The molecule has 0 bridgehead atoms. The predicted octanol–water partition coefficient (Wildman–Crippen LogP) is 4.43. The molecular formula is C32H37ClN8O2S. The van der Waals surface area contributed by atoms with Crippen LogP contribution in [0.1, 0.15) is 22.3 Å². The number of hydrogen-bond acceptors (Lipinski definition) is 9. The fraction of sp³-hybridized carbons (Fsp3) is 0.219. The Bertz CT molecular complexity index is 1500. The third-order valence-electron chi connectivity index (χ3n) is 6.77. The van der Waals surface area contributed by atoms with Gasteiger partial charge in [0.05, 0.1) is 28.9 Å². The number of amidine groups is 1. The summed E-state index contributed by atoms with van der Waals surface area (Å²) in [6.07, 6.45) is 10.6. The number of hydrogen-bond donors (Lipinski definition) is 5. The van der Waals surface area contributed by atoms with Crippen molar-refractivity contribution in [2.45, 2.75) is 23.8 Å². The molecule has 1 atom stereocenters. The maximum Gasteiger partial charge on any atom is 0.252 e. The van der Waals surface area contributed by atoms with Gasteiger partial charge in [0.2, 0.25) is 0 Å². The highest BCUT2D eigenvalue weighted by Crippen LogP contribution is 2.31. The van der Waals surface area contributed by atoms with Crippen LogP contribution in [-0.4, -0.2) is 53.1 Å². The van der Waals surface area contributed by atoms with Gasteiger partial charge in [0.25, 0.3) is 5.91 Å². The number of carbonyl (C=O) groups excluding carboxylic acids is 1. The number of anilines is 1. The number of nitrogens with one attached hydrogen (secondary N) is 2. The summed E-state index contributed by atoms with van der Waals surface area (Å²) in [5, 5.41) is 7.28. The molecule has 44 heavy (non-hydrogen) atoms. The van der Waals surface area contributed by atoms with Gasteiger partial charge in [-0.15, -0.1) is 11.8 Å². The summed E-state index contributed by atoms with van der Waals surface area (Å²) in [5.41, 5.74) is 10.9. The van der Waals surface area contributed by atoms with Gasteiger partial charge < -0.3 is 32.0 Å². The second-order valence-corrected chi connectivity index (χ2v) is 11.2. The fourth-order valence-electron chi connectivity index (χ4n) is 4.47. The first kappa shape index (κ1) is 32.5. The number of ether oxygens (including phenoxy) is 1. The summed E-state index contributed by atoms with van der Waals surface area (Å²) in [6, 6.07) is 21.3. The maximum absolute atomic E-state index is 12.7. The van der Waals surface area contributed by atoms with E-state index in [9.17, 15) is 4.79 Å². The molecular weight excluding hydrogens is 596 g/mol. The van der Waals surface area contributed by atoms with E-state index in [2.05, 4.69) is 43.9 Å². The van der Waals surface area contributed by atoms with E-state index in [1.807, 2.05) is 54.6 Å². The molecule has 0 aliphatic carbocycles. The summed E-state index contributed by atoms with van der Waals surface area (Å²) in [7, 11) is 0. The van der Waals surface area contributed by atoms with Gasteiger partial charge in [-0.25, -0.2) is 10.8 Å². The topological polar surface area (TPSA) is 157 Å². The number of nitrogens with zero attached hydrogens (tertiary/aromatic N) is 3. The molecule has 4 rings (SSSR count). The molecule has 2 aromatic carbocycles. The normalized spacial score (nSPS) is 15.1. The third-order valence-corrected chi connectivity index (χ3v) is 8.38. The average Bonchev–Trinajstić information content (AvgIpc) is 3.06. The molecule has 0 saturated heterocycles. The Morgan fingerprint density at radius 3 is 2.66 bits per heavy atom. The molecule has 1 aliphatic rings. The van der Waals surface area contributed by atoms with Crippen LogP contribution in [0, 0.1) is 0 Å². The number of amides is 1. The summed E-state index contributed by atoms with van der Waals surface area (Å²) < 4.78 is 6.32. The quantitative estimate of drug-likeness (QED) is 0.0408. The highest BCUT2D eigenvalue weighted by molar-refractivity contribution is 7.99. The number of hydrazine groups is 1. The number of aromatic nitrogens is 1. The van der Waals surface area contributed by atoms with Gasteiger partial charge in [0.15, 0.2) is 0 Å². The number of allylic oxidation sites excluding steroid dienone is 2. The van der Waals surface area contributed by atoms with Crippen molar-refractivity contribution in [3.8, 4) is 0 Å². The number of pyridine rings is 1. The molecule has 8 N–H and O–H groups in total. The number of halogens is 1. The summed E-state index contributed by atoms with van der Waals surface area (Å²) in [5.74, 6) is 12.7. The van der Waals surface area contributed by atoms with Gasteiger partial charge in [-0.3, -0.25) is 4.79 Å². The third kappa shape index (κ3) is 9.53. The lowest BCUT2D eigenvalue weighted by atomic mass is 10.1. The molecule has 230 valence electrons. The molecule has 12 heteroatoms. The van der Waals surface area contributed by atoms with Crippen molar-refractivity contribution < 1.29 is 9.53 Å². The van der Waals surface area contributed by atoms with E-state index in [-0.39, 0.29) is 17.8 Å². The molecule has 0 fully saturated rings. The zero-order chi connectivity index (χ0) is 31.1. The standard InChI is InChI=1S/C32H37ClN8O2S/c33-26-9-4-5-10-29(26)44-22-25-12-14-28(43-20-17-23-7-2-1-3-8-23)27(13-15-30(34)39-35)41(25)19-6-18-37-32(42)24-11-16-31(40-36)38-21-24/h1-5,7-16,21,25H,6,17-20,22,35-36H2,(H2,34,39)(H,37,42)(H,38,40). The largest absolute Gasteiger partial charge is 0.491 e. The van der Waals surface area contributed by atoms with Crippen molar-refractivity contribution in [1.82, 2.24) is 15.2 Å². The molecule has 3 aromatic rings. The van der Waals surface area contributed by atoms with E-state index >= 15 is 0 Å². The SMILES string of the molecule is NN=C(N)C=CC1=C(OCCc2ccccc2)C=CC(CSc2ccccc2Cl)N1CCCNC(=O)c1ccc(NN)nc1. The van der Waals surface area contributed by atoms with Crippen molar-refractivity contribution in [2.24, 2.45) is 22.5 Å².